The summed E-state index contributed by atoms with van der Waals surface area (Å²) in [6.45, 7) is 2.96. The highest BCUT2D eigenvalue weighted by atomic mass is 19.1. The maximum absolute atomic E-state index is 13.4. The van der Waals surface area contributed by atoms with E-state index in [1.54, 1.807) is 4.90 Å². The van der Waals surface area contributed by atoms with Crippen LogP contribution in [0.3, 0.4) is 0 Å². The van der Waals surface area contributed by atoms with E-state index in [2.05, 4.69) is 10.3 Å². The fourth-order valence-electron chi connectivity index (χ4n) is 5.74. The number of carbonyl (C=O) groups excluding carboxylic acids is 2. The molecule has 1 saturated heterocycles. The molecule has 0 spiro atoms. The Morgan fingerprint density at radius 3 is 2.32 bits per heavy atom. The average molecular weight is 512 g/mol. The topological polar surface area (TPSA) is 114 Å². The summed E-state index contributed by atoms with van der Waals surface area (Å²) >= 11 is 0. The molecule has 1 aromatic carbocycles. The molecule has 1 atom stereocenters. The van der Waals surface area contributed by atoms with Crippen molar-refractivity contribution >= 4 is 23.7 Å². The van der Waals surface area contributed by atoms with Crippen LogP contribution in [0.1, 0.15) is 51.0 Å². The Hall–Kier alpha value is -3.33. The van der Waals surface area contributed by atoms with E-state index in [0.717, 1.165) is 37.3 Å². The number of benzene rings is 1. The van der Waals surface area contributed by atoms with Gasteiger partial charge in [-0.1, -0.05) is 6.08 Å². The number of nitrogens with zero attached hydrogens (tertiary/aromatic N) is 2. The standard InChI is InChI=1S/C28H35F2N5O2/c1-2-23-24(16-33-27(23)31)18-4-6-22(7-5-18)34-26(28(32)37)19-9-11-35(12-10-19)25(36)8-3-17-13-20(29)15-21(30)14-17/h2-3,8,13-16,18-19,22,26,34H,4-7,9-12H2,1H3,(H2,31,33)(H2,32,37)/b8-3+,23-2-. The van der Waals surface area contributed by atoms with Crippen LogP contribution in [0.5, 0.6) is 0 Å². The minimum atomic E-state index is -0.691. The summed E-state index contributed by atoms with van der Waals surface area (Å²) in [7, 11) is 0. The average Bonchev–Trinajstić information content (AvgIpc) is 3.26. The van der Waals surface area contributed by atoms with Crippen molar-refractivity contribution in [2.24, 2.45) is 28.3 Å². The van der Waals surface area contributed by atoms with Crippen molar-refractivity contribution in [1.82, 2.24) is 10.2 Å². The lowest BCUT2D eigenvalue weighted by Crippen LogP contribution is -2.54. The van der Waals surface area contributed by atoms with Gasteiger partial charge in [0.25, 0.3) is 0 Å². The Labute approximate surface area is 216 Å². The maximum atomic E-state index is 13.4. The maximum Gasteiger partial charge on any atom is 0.246 e. The summed E-state index contributed by atoms with van der Waals surface area (Å²) in [5.74, 6) is -0.943. The molecule has 1 aromatic rings. The number of rotatable bonds is 7. The Bertz CT molecular complexity index is 1120. The van der Waals surface area contributed by atoms with Gasteiger partial charge in [0.05, 0.1) is 6.04 Å². The van der Waals surface area contributed by atoms with E-state index in [-0.39, 0.29) is 29.3 Å². The predicted molar refractivity (Wildman–Crippen MR) is 140 cm³/mol. The molecule has 198 valence electrons. The second kappa shape index (κ2) is 11.8. The predicted octanol–water partition coefficient (Wildman–Crippen LogP) is 3.42. The van der Waals surface area contributed by atoms with E-state index in [0.29, 0.717) is 37.7 Å². The number of amidine groups is 1. The molecule has 9 heteroatoms. The summed E-state index contributed by atoms with van der Waals surface area (Å²) in [4.78, 5) is 30.9. The van der Waals surface area contributed by atoms with Crippen LogP contribution in [0.25, 0.3) is 6.08 Å². The third-order valence-corrected chi connectivity index (χ3v) is 7.73. The van der Waals surface area contributed by atoms with E-state index in [9.17, 15) is 18.4 Å². The molecule has 7 nitrogen and oxygen atoms in total. The first kappa shape index (κ1) is 26.7. The van der Waals surface area contributed by atoms with E-state index in [4.69, 9.17) is 11.5 Å². The number of carbonyl (C=O) groups is 2. The van der Waals surface area contributed by atoms with Crippen LogP contribution in [0.4, 0.5) is 8.78 Å². The molecule has 2 heterocycles. The first-order valence-electron chi connectivity index (χ1n) is 12.9. The van der Waals surface area contributed by atoms with Crippen LogP contribution in [0.2, 0.25) is 0 Å². The molecule has 0 aromatic heterocycles. The minimum absolute atomic E-state index is 0.0425. The largest absolute Gasteiger partial charge is 0.383 e. The van der Waals surface area contributed by atoms with Gasteiger partial charge in [0.1, 0.15) is 17.5 Å². The Balaban J connectivity index is 1.27. The lowest BCUT2D eigenvalue weighted by Gasteiger charge is -2.38. The van der Waals surface area contributed by atoms with Crippen molar-refractivity contribution in [2.75, 3.05) is 13.1 Å². The number of allylic oxidation sites excluding steroid dienone is 1. The van der Waals surface area contributed by atoms with Crippen LogP contribution in [-0.2, 0) is 9.59 Å². The number of hydrogen-bond donors (Lipinski definition) is 3. The van der Waals surface area contributed by atoms with Crippen LogP contribution < -0.4 is 16.8 Å². The zero-order valence-corrected chi connectivity index (χ0v) is 21.1. The molecule has 4 rings (SSSR count). The zero-order valence-electron chi connectivity index (χ0n) is 21.1. The van der Waals surface area contributed by atoms with Gasteiger partial charge in [0, 0.05) is 43.0 Å². The third kappa shape index (κ3) is 6.52. The highest BCUT2D eigenvalue weighted by molar-refractivity contribution is 6.03. The number of nitrogens with two attached hydrogens (primary N) is 2. The SMILES string of the molecule is C/C=C1/C(C2CCC(NC(C(N)=O)C3CCN(C(=O)/C=C/c4cc(F)cc(F)c4)CC3)CC2)=CN=C1N. The zero-order chi connectivity index (χ0) is 26.5. The van der Waals surface area contributed by atoms with Gasteiger partial charge >= 0.3 is 0 Å². The fraction of sp³-hybridized carbons (Fsp3) is 0.464. The molecule has 0 bridgehead atoms. The molecular weight excluding hydrogens is 476 g/mol. The monoisotopic (exact) mass is 511 g/mol. The number of aliphatic imine (C=N–C) groups is 1. The molecular formula is C28H35F2N5O2. The van der Waals surface area contributed by atoms with Gasteiger partial charge in [-0.25, -0.2) is 13.8 Å². The second-order valence-corrected chi connectivity index (χ2v) is 10.1. The van der Waals surface area contributed by atoms with Gasteiger partial charge < -0.3 is 21.7 Å². The number of hydrogen-bond acceptors (Lipinski definition) is 5. The summed E-state index contributed by atoms with van der Waals surface area (Å²) in [6, 6.07) is 2.89. The lowest BCUT2D eigenvalue weighted by molar-refractivity contribution is -0.128. The van der Waals surface area contributed by atoms with E-state index in [1.165, 1.54) is 29.9 Å². The molecule has 3 aliphatic rings. The number of primary amides is 1. The van der Waals surface area contributed by atoms with Crippen molar-refractivity contribution in [1.29, 1.82) is 0 Å². The Kier molecular flexibility index (Phi) is 8.53. The minimum Gasteiger partial charge on any atom is -0.383 e. The highest BCUT2D eigenvalue weighted by Crippen LogP contribution is 2.36. The molecule has 5 N–H and O–H groups in total. The fourth-order valence-corrected chi connectivity index (χ4v) is 5.74. The first-order chi connectivity index (χ1) is 17.7. The van der Waals surface area contributed by atoms with E-state index < -0.39 is 17.7 Å². The molecule has 37 heavy (non-hydrogen) atoms. The van der Waals surface area contributed by atoms with Gasteiger partial charge in [-0.05, 0) is 86.6 Å². The van der Waals surface area contributed by atoms with Crippen LogP contribution >= 0.6 is 0 Å². The smallest absolute Gasteiger partial charge is 0.246 e. The van der Waals surface area contributed by atoms with Gasteiger partial charge in [0.15, 0.2) is 0 Å². The van der Waals surface area contributed by atoms with Crippen LogP contribution in [-0.4, -0.2) is 47.7 Å². The van der Waals surface area contributed by atoms with Gasteiger partial charge in [0.2, 0.25) is 11.8 Å². The molecule has 0 radical (unpaired) electrons. The van der Waals surface area contributed by atoms with Crippen molar-refractivity contribution in [3.8, 4) is 0 Å². The van der Waals surface area contributed by atoms with Crippen molar-refractivity contribution in [2.45, 2.75) is 57.5 Å². The number of amides is 2. The first-order valence-corrected chi connectivity index (χ1v) is 12.9. The summed E-state index contributed by atoms with van der Waals surface area (Å²) < 4.78 is 26.7. The molecule has 2 amide bonds. The second-order valence-electron chi connectivity index (χ2n) is 10.1. The Morgan fingerprint density at radius 1 is 1.08 bits per heavy atom. The molecule has 1 unspecified atom stereocenters. The molecule has 1 saturated carbocycles. The van der Waals surface area contributed by atoms with Crippen LogP contribution in [0.15, 0.2) is 52.7 Å². The van der Waals surface area contributed by atoms with Gasteiger partial charge in [-0.3, -0.25) is 9.59 Å². The van der Waals surface area contributed by atoms with E-state index >= 15 is 0 Å². The highest BCUT2D eigenvalue weighted by Gasteiger charge is 2.34. The summed E-state index contributed by atoms with van der Waals surface area (Å²) in [5, 5.41) is 3.52. The number of nitrogens with one attached hydrogen (secondary N) is 1. The lowest BCUT2D eigenvalue weighted by atomic mass is 9.78. The molecule has 2 fully saturated rings. The molecule has 1 aliphatic carbocycles. The van der Waals surface area contributed by atoms with Gasteiger partial charge in [-0.15, -0.1) is 0 Å². The normalized spacial score (nSPS) is 24.8. The van der Waals surface area contributed by atoms with Crippen LogP contribution in [0, 0.1) is 23.5 Å². The number of halogens is 2. The number of likely N-dealkylation sites (tertiary alicyclic amines) is 1. The Morgan fingerprint density at radius 2 is 1.73 bits per heavy atom. The summed E-state index contributed by atoms with van der Waals surface area (Å²) in [6.07, 6.45) is 11.8. The summed E-state index contributed by atoms with van der Waals surface area (Å²) in [5.41, 5.74) is 14.3. The van der Waals surface area contributed by atoms with Crippen molar-refractivity contribution < 1.29 is 18.4 Å². The third-order valence-electron chi connectivity index (χ3n) is 7.73. The molecule has 2 aliphatic heterocycles. The van der Waals surface area contributed by atoms with Crippen molar-refractivity contribution in [3.05, 3.63) is 64.9 Å². The quantitative estimate of drug-likeness (QED) is 0.487. The van der Waals surface area contributed by atoms with Gasteiger partial charge in [-0.2, -0.15) is 0 Å². The van der Waals surface area contributed by atoms with Crippen molar-refractivity contribution in [3.63, 3.8) is 0 Å². The number of piperidine rings is 1. The van der Waals surface area contributed by atoms with E-state index in [1.807, 2.05) is 19.2 Å².